The molecule has 0 saturated carbocycles. The number of ether oxygens (including phenoxy) is 1. The Morgan fingerprint density at radius 2 is 2.19 bits per heavy atom. The molecule has 1 aromatic heterocycles. The molecule has 1 N–H and O–H groups in total. The van der Waals surface area contributed by atoms with Gasteiger partial charge in [-0.3, -0.25) is 4.79 Å². The first-order valence-electron chi connectivity index (χ1n) is 6.37. The van der Waals surface area contributed by atoms with E-state index >= 15 is 0 Å². The van der Waals surface area contributed by atoms with Crippen molar-refractivity contribution in [1.82, 2.24) is 5.32 Å². The number of thiophene rings is 1. The van der Waals surface area contributed by atoms with E-state index in [2.05, 4.69) is 10.5 Å². The third-order valence-electron chi connectivity index (χ3n) is 2.66. The van der Waals surface area contributed by atoms with Gasteiger partial charge >= 0.3 is 0 Å². The lowest BCUT2D eigenvalue weighted by molar-refractivity contribution is -0.125. The minimum Gasteiger partial charge on any atom is -0.496 e. The van der Waals surface area contributed by atoms with Gasteiger partial charge < -0.3 is 14.9 Å². The second-order valence-electron chi connectivity index (χ2n) is 4.11. The number of oxime groups is 1. The highest BCUT2D eigenvalue weighted by Crippen LogP contribution is 2.16. The zero-order valence-corrected chi connectivity index (χ0v) is 12.4. The third-order valence-corrected chi connectivity index (χ3v) is 3.47. The summed E-state index contributed by atoms with van der Waals surface area (Å²) in [6, 6.07) is 11.4. The zero-order chi connectivity index (χ0) is 14.9. The molecule has 0 aliphatic carbocycles. The second kappa shape index (κ2) is 8.06. The fourth-order valence-electron chi connectivity index (χ4n) is 1.64. The quantitative estimate of drug-likeness (QED) is 0.631. The number of para-hydroxylation sites is 1. The summed E-state index contributed by atoms with van der Waals surface area (Å²) in [4.78, 5) is 17.6. The Kier molecular flexibility index (Phi) is 5.78. The van der Waals surface area contributed by atoms with Crippen LogP contribution in [0.4, 0.5) is 0 Å². The van der Waals surface area contributed by atoms with Crippen molar-refractivity contribution in [1.29, 1.82) is 0 Å². The molecule has 2 rings (SSSR count). The van der Waals surface area contributed by atoms with Crippen molar-refractivity contribution in [2.24, 2.45) is 5.16 Å². The van der Waals surface area contributed by atoms with Gasteiger partial charge in [-0.25, -0.2) is 0 Å². The standard InChI is InChI=1S/C15H16N2O3S/c1-19-14-7-3-2-5-12(14)9-16-15(18)11-20-17-10-13-6-4-8-21-13/h2-8,10H,9,11H2,1H3,(H,16,18)/b17-10+. The van der Waals surface area contributed by atoms with E-state index < -0.39 is 0 Å². The van der Waals surface area contributed by atoms with E-state index in [-0.39, 0.29) is 12.5 Å². The molecule has 110 valence electrons. The largest absolute Gasteiger partial charge is 0.496 e. The number of hydrogen-bond donors (Lipinski definition) is 1. The first kappa shape index (κ1) is 15.1. The van der Waals surface area contributed by atoms with Crippen LogP contribution < -0.4 is 10.1 Å². The number of nitrogens with one attached hydrogen (secondary N) is 1. The van der Waals surface area contributed by atoms with E-state index in [0.29, 0.717) is 6.54 Å². The smallest absolute Gasteiger partial charge is 0.261 e. The highest BCUT2D eigenvalue weighted by atomic mass is 32.1. The van der Waals surface area contributed by atoms with Crippen molar-refractivity contribution in [3.8, 4) is 5.75 Å². The molecule has 2 aromatic rings. The Bertz CT molecular complexity index is 597. The van der Waals surface area contributed by atoms with Crippen LogP contribution >= 0.6 is 11.3 Å². The van der Waals surface area contributed by atoms with E-state index in [1.807, 2.05) is 41.8 Å². The van der Waals surface area contributed by atoms with Crippen LogP contribution in [0.15, 0.2) is 46.9 Å². The number of methoxy groups -OCH3 is 1. The SMILES string of the molecule is COc1ccccc1CNC(=O)CO/N=C/c1cccs1. The van der Waals surface area contributed by atoms with Crippen LogP contribution in [-0.4, -0.2) is 25.8 Å². The monoisotopic (exact) mass is 304 g/mol. The van der Waals surface area contributed by atoms with Crippen molar-refractivity contribution in [3.63, 3.8) is 0 Å². The predicted octanol–water partition coefficient (Wildman–Crippen LogP) is 2.42. The fourth-order valence-corrected chi connectivity index (χ4v) is 2.22. The molecule has 0 spiro atoms. The molecule has 0 aliphatic heterocycles. The predicted molar refractivity (Wildman–Crippen MR) is 82.7 cm³/mol. The number of carbonyl (C=O) groups excluding carboxylic acids is 1. The van der Waals surface area contributed by atoms with Crippen LogP contribution in [0.5, 0.6) is 5.75 Å². The van der Waals surface area contributed by atoms with Crippen molar-refractivity contribution in [3.05, 3.63) is 52.2 Å². The molecule has 0 radical (unpaired) electrons. The Hall–Kier alpha value is -2.34. The number of benzene rings is 1. The normalized spacial score (nSPS) is 10.5. The number of rotatable bonds is 7. The van der Waals surface area contributed by atoms with Gasteiger partial charge in [-0.05, 0) is 17.5 Å². The van der Waals surface area contributed by atoms with Crippen LogP contribution in [0.3, 0.4) is 0 Å². The topological polar surface area (TPSA) is 59.9 Å². The molecular weight excluding hydrogens is 288 g/mol. The molecule has 1 amide bonds. The maximum Gasteiger partial charge on any atom is 0.261 e. The number of amides is 1. The Labute approximate surface area is 127 Å². The summed E-state index contributed by atoms with van der Waals surface area (Å²) in [5, 5.41) is 8.44. The number of hydrogen-bond acceptors (Lipinski definition) is 5. The maximum atomic E-state index is 11.6. The fraction of sp³-hybridized carbons (Fsp3) is 0.200. The van der Waals surface area contributed by atoms with Crippen LogP contribution in [0.1, 0.15) is 10.4 Å². The number of nitrogens with zero attached hydrogens (tertiary/aromatic N) is 1. The van der Waals surface area contributed by atoms with E-state index in [1.54, 1.807) is 24.7 Å². The van der Waals surface area contributed by atoms with Crippen molar-refractivity contribution >= 4 is 23.5 Å². The van der Waals surface area contributed by atoms with Gasteiger partial charge in [0.2, 0.25) is 0 Å². The van der Waals surface area contributed by atoms with Crippen LogP contribution in [0.25, 0.3) is 0 Å². The first-order chi connectivity index (χ1) is 10.3. The molecule has 1 heterocycles. The van der Waals surface area contributed by atoms with Gasteiger partial charge in [-0.1, -0.05) is 29.4 Å². The highest BCUT2D eigenvalue weighted by molar-refractivity contribution is 7.11. The summed E-state index contributed by atoms with van der Waals surface area (Å²) in [5.41, 5.74) is 0.912. The van der Waals surface area contributed by atoms with Gasteiger partial charge in [0.15, 0.2) is 6.61 Å². The molecular formula is C15H16N2O3S. The minimum atomic E-state index is -0.232. The van der Waals surface area contributed by atoms with Crippen molar-refractivity contribution in [2.75, 3.05) is 13.7 Å². The van der Waals surface area contributed by atoms with Gasteiger partial charge in [0.1, 0.15) is 5.75 Å². The first-order valence-corrected chi connectivity index (χ1v) is 7.25. The van der Waals surface area contributed by atoms with Gasteiger partial charge in [-0.2, -0.15) is 0 Å². The molecule has 0 atom stereocenters. The van der Waals surface area contributed by atoms with E-state index in [9.17, 15) is 4.79 Å². The van der Waals surface area contributed by atoms with E-state index in [1.165, 1.54) is 0 Å². The zero-order valence-electron chi connectivity index (χ0n) is 11.6. The Morgan fingerprint density at radius 3 is 2.95 bits per heavy atom. The number of carbonyl (C=O) groups is 1. The van der Waals surface area contributed by atoms with Gasteiger partial charge in [0.25, 0.3) is 5.91 Å². The van der Waals surface area contributed by atoms with Crippen molar-refractivity contribution in [2.45, 2.75) is 6.54 Å². The summed E-state index contributed by atoms with van der Waals surface area (Å²) in [6.45, 7) is 0.276. The van der Waals surface area contributed by atoms with Crippen LogP contribution in [-0.2, 0) is 16.2 Å². The molecule has 1 aromatic carbocycles. The lowest BCUT2D eigenvalue weighted by Crippen LogP contribution is -2.26. The molecule has 0 fully saturated rings. The Balaban J connectivity index is 1.72. The summed E-state index contributed by atoms with van der Waals surface area (Å²) < 4.78 is 5.21. The van der Waals surface area contributed by atoms with Gasteiger partial charge in [0, 0.05) is 17.0 Å². The van der Waals surface area contributed by atoms with E-state index in [4.69, 9.17) is 9.57 Å². The second-order valence-corrected chi connectivity index (χ2v) is 5.09. The van der Waals surface area contributed by atoms with Gasteiger partial charge in [-0.15, -0.1) is 11.3 Å². The average molecular weight is 304 g/mol. The Morgan fingerprint density at radius 1 is 1.33 bits per heavy atom. The maximum absolute atomic E-state index is 11.6. The van der Waals surface area contributed by atoms with Crippen LogP contribution in [0, 0.1) is 0 Å². The molecule has 0 saturated heterocycles. The highest BCUT2D eigenvalue weighted by Gasteiger charge is 2.05. The van der Waals surface area contributed by atoms with Crippen molar-refractivity contribution < 1.29 is 14.4 Å². The summed E-state index contributed by atoms with van der Waals surface area (Å²) in [5.74, 6) is 0.513. The van der Waals surface area contributed by atoms with Gasteiger partial charge in [0.05, 0.1) is 13.3 Å². The molecule has 5 nitrogen and oxygen atoms in total. The molecule has 21 heavy (non-hydrogen) atoms. The summed E-state index contributed by atoms with van der Waals surface area (Å²) in [6.07, 6.45) is 1.58. The molecule has 6 heteroatoms. The summed E-state index contributed by atoms with van der Waals surface area (Å²) >= 11 is 1.55. The third kappa shape index (κ3) is 4.92. The van der Waals surface area contributed by atoms with Crippen LogP contribution in [0.2, 0.25) is 0 Å². The molecule has 0 aliphatic rings. The minimum absolute atomic E-state index is 0.114. The molecule has 0 unspecified atom stereocenters. The summed E-state index contributed by atoms with van der Waals surface area (Å²) in [7, 11) is 1.60. The lowest BCUT2D eigenvalue weighted by Gasteiger charge is -2.08. The average Bonchev–Trinajstić information content (AvgIpc) is 3.03. The lowest BCUT2D eigenvalue weighted by atomic mass is 10.2. The molecule has 0 bridgehead atoms. The van der Waals surface area contributed by atoms with E-state index in [0.717, 1.165) is 16.2 Å².